The van der Waals surface area contributed by atoms with Crippen molar-refractivity contribution in [3.63, 3.8) is 0 Å². The molecule has 1 aromatic rings. The number of carbonyl (C=O) groups is 1. The number of carbonyl (C=O) groups excluding carboxylic acids is 1. The van der Waals surface area contributed by atoms with Crippen molar-refractivity contribution in [1.82, 2.24) is 9.88 Å². The van der Waals surface area contributed by atoms with Crippen LogP contribution >= 0.6 is 12.2 Å². The molecule has 1 atom stereocenters. The second-order valence-electron chi connectivity index (χ2n) is 4.64. The van der Waals surface area contributed by atoms with Crippen LogP contribution < -0.4 is 5.73 Å². The third-order valence-corrected chi connectivity index (χ3v) is 3.54. The van der Waals surface area contributed by atoms with Gasteiger partial charge in [0, 0.05) is 25.9 Å². The number of thiocarbonyl (C=S) groups is 1. The standard InChI is InChI=1S/C12H17N3O2S/c1-7-10(17-8(2)14-7)12(16)15-5-3-4-9(6-15)11(13)18/h9H,3-6H2,1-2H3,(H2,13,18). The lowest BCUT2D eigenvalue weighted by atomic mass is 9.98. The molecule has 0 aliphatic carbocycles. The van der Waals surface area contributed by atoms with E-state index >= 15 is 0 Å². The quantitative estimate of drug-likeness (QED) is 0.821. The molecule has 1 unspecified atom stereocenters. The Morgan fingerprint density at radius 1 is 1.56 bits per heavy atom. The van der Waals surface area contributed by atoms with Crippen LogP contribution in [0.15, 0.2) is 4.42 Å². The van der Waals surface area contributed by atoms with Crippen LogP contribution in [0, 0.1) is 19.8 Å². The normalized spacial score (nSPS) is 19.9. The molecule has 1 aliphatic heterocycles. The Morgan fingerprint density at radius 2 is 2.28 bits per heavy atom. The van der Waals surface area contributed by atoms with Gasteiger partial charge in [-0.05, 0) is 19.8 Å². The molecule has 98 valence electrons. The third-order valence-electron chi connectivity index (χ3n) is 3.21. The van der Waals surface area contributed by atoms with Crippen molar-refractivity contribution in [2.75, 3.05) is 13.1 Å². The third kappa shape index (κ3) is 2.53. The van der Waals surface area contributed by atoms with E-state index in [1.165, 1.54) is 0 Å². The molecule has 0 radical (unpaired) electrons. The van der Waals surface area contributed by atoms with E-state index in [1.54, 1.807) is 18.7 Å². The van der Waals surface area contributed by atoms with Gasteiger partial charge in [0.15, 0.2) is 5.89 Å². The zero-order valence-corrected chi connectivity index (χ0v) is 11.4. The minimum Gasteiger partial charge on any atom is -0.436 e. The molecule has 1 amide bonds. The van der Waals surface area contributed by atoms with Crippen molar-refractivity contribution >= 4 is 23.1 Å². The number of hydrogen-bond acceptors (Lipinski definition) is 4. The molecule has 1 aliphatic rings. The highest BCUT2D eigenvalue weighted by Gasteiger charge is 2.28. The molecule has 6 heteroatoms. The maximum Gasteiger partial charge on any atom is 0.291 e. The highest BCUT2D eigenvalue weighted by atomic mass is 32.1. The van der Waals surface area contributed by atoms with Gasteiger partial charge in [0.1, 0.15) is 0 Å². The number of amides is 1. The lowest BCUT2D eigenvalue weighted by molar-refractivity contribution is 0.0669. The van der Waals surface area contributed by atoms with Crippen LogP contribution in [-0.2, 0) is 0 Å². The average molecular weight is 267 g/mol. The summed E-state index contributed by atoms with van der Waals surface area (Å²) in [5, 5.41) is 0. The van der Waals surface area contributed by atoms with Gasteiger partial charge in [-0.1, -0.05) is 12.2 Å². The summed E-state index contributed by atoms with van der Waals surface area (Å²) in [6.07, 6.45) is 1.87. The van der Waals surface area contributed by atoms with Gasteiger partial charge in [-0.25, -0.2) is 4.98 Å². The van der Waals surface area contributed by atoms with Crippen molar-refractivity contribution in [3.05, 3.63) is 17.3 Å². The molecule has 2 rings (SSSR count). The zero-order chi connectivity index (χ0) is 13.3. The van der Waals surface area contributed by atoms with E-state index in [4.69, 9.17) is 22.4 Å². The lowest BCUT2D eigenvalue weighted by Gasteiger charge is -2.31. The van der Waals surface area contributed by atoms with Crippen LogP contribution in [0.25, 0.3) is 0 Å². The molecule has 2 heterocycles. The fourth-order valence-corrected chi connectivity index (χ4v) is 2.46. The Hall–Kier alpha value is -1.43. The summed E-state index contributed by atoms with van der Waals surface area (Å²) < 4.78 is 5.36. The Bertz CT molecular complexity index is 484. The van der Waals surface area contributed by atoms with Gasteiger partial charge in [0.2, 0.25) is 5.76 Å². The van der Waals surface area contributed by atoms with Crippen molar-refractivity contribution in [2.24, 2.45) is 11.7 Å². The smallest absolute Gasteiger partial charge is 0.291 e. The van der Waals surface area contributed by atoms with E-state index in [9.17, 15) is 4.79 Å². The number of nitrogens with two attached hydrogens (primary N) is 1. The topological polar surface area (TPSA) is 72.4 Å². The molecular weight excluding hydrogens is 250 g/mol. The van der Waals surface area contributed by atoms with Crippen LogP contribution in [-0.4, -0.2) is 33.9 Å². The summed E-state index contributed by atoms with van der Waals surface area (Å²) in [6, 6.07) is 0. The van der Waals surface area contributed by atoms with Crippen LogP contribution in [0.3, 0.4) is 0 Å². The van der Waals surface area contributed by atoms with Crippen LogP contribution in [0.4, 0.5) is 0 Å². The predicted molar refractivity (Wildman–Crippen MR) is 71.4 cm³/mol. The first kappa shape index (κ1) is 13.0. The van der Waals surface area contributed by atoms with E-state index < -0.39 is 0 Å². The first-order valence-corrected chi connectivity index (χ1v) is 6.42. The SMILES string of the molecule is Cc1nc(C)c(C(=O)N2CCCC(C(N)=S)C2)o1. The fourth-order valence-electron chi connectivity index (χ4n) is 2.27. The van der Waals surface area contributed by atoms with E-state index in [2.05, 4.69) is 4.98 Å². The van der Waals surface area contributed by atoms with Crippen molar-refractivity contribution in [3.8, 4) is 0 Å². The highest BCUT2D eigenvalue weighted by molar-refractivity contribution is 7.80. The molecule has 18 heavy (non-hydrogen) atoms. The molecule has 0 saturated carbocycles. The number of piperidine rings is 1. The fraction of sp³-hybridized carbons (Fsp3) is 0.583. The van der Waals surface area contributed by atoms with E-state index in [-0.39, 0.29) is 11.8 Å². The molecule has 1 saturated heterocycles. The number of aromatic nitrogens is 1. The monoisotopic (exact) mass is 267 g/mol. The molecule has 2 N–H and O–H groups in total. The van der Waals surface area contributed by atoms with Crippen LogP contribution in [0.2, 0.25) is 0 Å². The molecule has 0 aromatic carbocycles. The Labute approximate surface area is 111 Å². The summed E-state index contributed by atoms with van der Waals surface area (Å²) in [5.74, 6) is 0.839. The second kappa shape index (κ2) is 5.06. The number of aryl methyl sites for hydroxylation is 2. The van der Waals surface area contributed by atoms with Gasteiger partial charge in [-0.3, -0.25) is 4.79 Å². The molecule has 5 nitrogen and oxygen atoms in total. The molecular formula is C12H17N3O2S. The average Bonchev–Trinajstić information content (AvgIpc) is 2.67. The summed E-state index contributed by atoms with van der Waals surface area (Å²) in [7, 11) is 0. The highest BCUT2D eigenvalue weighted by Crippen LogP contribution is 2.20. The maximum absolute atomic E-state index is 12.3. The number of likely N-dealkylation sites (tertiary alicyclic amines) is 1. The van der Waals surface area contributed by atoms with Gasteiger partial charge in [-0.2, -0.15) is 0 Å². The van der Waals surface area contributed by atoms with Gasteiger partial charge >= 0.3 is 0 Å². The number of rotatable bonds is 2. The first-order chi connectivity index (χ1) is 8.49. The number of oxazole rings is 1. The largest absolute Gasteiger partial charge is 0.436 e. The molecule has 1 fully saturated rings. The molecule has 1 aromatic heterocycles. The van der Waals surface area contributed by atoms with E-state index in [1.807, 2.05) is 0 Å². The maximum atomic E-state index is 12.3. The predicted octanol–water partition coefficient (Wildman–Crippen LogP) is 1.43. The summed E-state index contributed by atoms with van der Waals surface area (Å²) in [5.41, 5.74) is 6.29. The van der Waals surface area contributed by atoms with Crippen molar-refractivity contribution in [1.29, 1.82) is 0 Å². The Morgan fingerprint density at radius 3 is 2.83 bits per heavy atom. The molecule has 0 spiro atoms. The first-order valence-electron chi connectivity index (χ1n) is 6.01. The van der Waals surface area contributed by atoms with Crippen LogP contribution in [0.5, 0.6) is 0 Å². The van der Waals surface area contributed by atoms with Gasteiger partial charge < -0.3 is 15.1 Å². The summed E-state index contributed by atoms with van der Waals surface area (Å²) in [6.45, 7) is 4.81. The van der Waals surface area contributed by atoms with Gasteiger partial charge in [-0.15, -0.1) is 0 Å². The summed E-state index contributed by atoms with van der Waals surface area (Å²) >= 11 is 5.01. The zero-order valence-electron chi connectivity index (χ0n) is 10.6. The van der Waals surface area contributed by atoms with E-state index in [0.717, 1.165) is 19.4 Å². The van der Waals surface area contributed by atoms with Crippen LogP contribution in [0.1, 0.15) is 35.0 Å². The van der Waals surface area contributed by atoms with Gasteiger partial charge in [0.05, 0.1) is 10.7 Å². The minimum atomic E-state index is -0.117. The Balaban J connectivity index is 2.14. The van der Waals surface area contributed by atoms with Crippen molar-refractivity contribution in [2.45, 2.75) is 26.7 Å². The second-order valence-corrected chi connectivity index (χ2v) is 5.11. The molecule has 0 bridgehead atoms. The number of nitrogens with zero attached hydrogens (tertiary/aromatic N) is 2. The minimum absolute atomic E-state index is 0.113. The van der Waals surface area contributed by atoms with Crippen molar-refractivity contribution < 1.29 is 9.21 Å². The van der Waals surface area contributed by atoms with Gasteiger partial charge in [0.25, 0.3) is 5.91 Å². The lowest BCUT2D eigenvalue weighted by Crippen LogP contribution is -2.43. The Kier molecular flexibility index (Phi) is 3.65. The van der Waals surface area contributed by atoms with E-state index in [0.29, 0.717) is 28.9 Å². The number of hydrogen-bond donors (Lipinski definition) is 1. The summed E-state index contributed by atoms with van der Waals surface area (Å²) in [4.78, 5) is 18.7.